The monoisotopic (exact) mass is 261 g/mol. The van der Waals surface area contributed by atoms with E-state index in [-0.39, 0.29) is 23.9 Å². The number of amides is 1. The summed E-state index contributed by atoms with van der Waals surface area (Å²) in [5.74, 6) is -0.973. The first-order valence-electron chi connectivity index (χ1n) is 5.69. The van der Waals surface area contributed by atoms with Crippen LogP contribution in [0.25, 0.3) is 0 Å². The van der Waals surface area contributed by atoms with E-state index in [2.05, 4.69) is 5.32 Å². The molecule has 0 saturated heterocycles. The zero-order valence-electron chi connectivity index (χ0n) is 10.3. The number of hydrogen-bond acceptors (Lipinski definition) is 3. The van der Waals surface area contributed by atoms with Crippen molar-refractivity contribution in [1.82, 2.24) is 5.32 Å². The van der Waals surface area contributed by atoms with E-state index in [0.29, 0.717) is 11.1 Å². The van der Waals surface area contributed by atoms with E-state index in [0.717, 1.165) is 0 Å². The number of hydrogen-bond donors (Lipinski definition) is 1. The third-order valence-electron chi connectivity index (χ3n) is 2.63. The van der Waals surface area contributed by atoms with Gasteiger partial charge in [0, 0.05) is 5.56 Å². The summed E-state index contributed by atoms with van der Waals surface area (Å²) in [6.07, 6.45) is 1.38. The van der Waals surface area contributed by atoms with Crippen molar-refractivity contribution in [2.45, 2.75) is 6.92 Å². The second-order valence-electron chi connectivity index (χ2n) is 4.05. The molecule has 1 aromatic carbocycles. The number of Topliss-reactive ketones (excluding diaryl/α,β-unsaturated/α-hetero) is 1. The lowest BCUT2D eigenvalue weighted by Crippen LogP contribution is -2.29. The van der Waals surface area contributed by atoms with Gasteiger partial charge in [-0.25, -0.2) is 4.39 Å². The van der Waals surface area contributed by atoms with Gasteiger partial charge in [0.05, 0.1) is 12.8 Å². The van der Waals surface area contributed by atoms with Crippen LogP contribution in [0.4, 0.5) is 4.39 Å². The van der Waals surface area contributed by atoms with Crippen LogP contribution in [0.15, 0.2) is 41.0 Å². The van der Waals surface area contributed by atoms with Crippen LogP contribution < -0.4 is 5.32 Å². The smallest absolute Gasteiger partial charge is 0.287 e. The minimum atomic E-state index is -0.461. The van der Waals surface area contributed by atoms with Gasteiger partial charge < -0.3 is 9.73 Å². The summed E-state index contributed by atoms with van der Waals surface area (Å²) in [6.45, 7) is 1.41. The van der Waals surface area contributed by atoms with Crippen molar-refractivity contribution >= 4 is 11.7 Å². The van der Waals surface area contributed by atoms with Crippen molar-refractivity contribution in [1.29, 1.82) is 0 Å². The highest BCUT2D eigenvalue weighted by Crippen LogP contribution is 2.09. The normalized spacial score (nSPS) is 10.2. The Hall–Kier alpha value is -2.43. The zero-order valence-corrected chi connectivity index (χ0v) is 10.3. The highest BCUT2D eigenvalue weighted by molar-refractivity contribution is 6.01. The first kappa shape index (κ1) is 13.0. The molecule has 0 aliphatic rings. The molecule has 98 valence electrons. The third-order valence-corrected chi connectivity index (χ3v) is 2.63. The van der Waals surface area contributed by atoms with Crippen molar-refractivity contribution in [3.05, 3.63) is 59.3 Å². The number of aryl methyl sites for hydroxylation is 1. The standard InChI is InChI=1S/C14H12FNO3/c1-9-7-10(4-5-11(9)15)12(17)8-16-14(18)13-3-2-6-19-13/h2-7H,8H2,1H3,(H,16,18). The predicted octanol–water partition coefficient (Wildman–Crippen LogP) is 2.34. The Bertz CT molecular complexity index is 605. The molecule has 0 aliphatic carbocycles. The van der Waals surface area contributed by atoms with E-state index in [1.807, 2.05) is 0 Å². The van der Waals surface area contributed by atoms with Gasteiger partial charge in [-0.3, -0.25) is 9.59 Å². The van der Waals surface area contributed by atoms with Crippen LogP contribution >= 0.6 is 0 Å². The van der Waals surface area contributed by atoms with Crippen LogP contribution in [0, 0.1) is 12.7 Å². The Morgan fingerprint density at radius 1 is 1.32 bits per heavy atom. The minimum Gasteiger partial charge on any atom is -0.459 e. The number of benzene rings is 1. The van der Waals surface area contributed by atoms with Gasteiger partial charge in [-0.1, -0.05) is 0 Å². The Labute approximate surface area is 109 Å². The average Bonchev–Trinajstić information content (AvgIpc) is 2.92. The van der Waals surface area contributed by atoms with Gasteiger partial charge in [-0.2, -0.15) is 0 Å². The molecule has 0 spiro atoms. The highest BCUT2D eigenvalue weighted by atomic mass is 19.1. The molecule has 0 saturated carbocycles. The van der Waals surface area contributed by atoms with Crippen molar-refractivity contribution in [3.63, 3.8) is 0 Å². The van der Waals surface area contributed by atoms with Crippen LogP contribution in [-0.4, -0.2) is 18.2 Å². The maximum absolute atomic E-state index is 13.1. The molecule has 0 atom stereocenters. The molecule has 19 heavy (non-hydrogen) atoms. The molecule has 5 heteroatoms. The molecule has 1 N–H and O–H groups in total. The fraction of sp³-hybridized carbons (Fsp3) is 0.143. The number of rotatable bonds is 4. The molecule has 1 aromatic heterocycles. The predicted molar refractivity (Wildman–Crippen MR) is 66.5 cm³/mol. The van der Waals surface area contributed by atoms with Gasteiger partial charge >= 0.3 is 0 Å². The van der Waals surface area contributed by atoms with Gasteiger partial charge in [0.1, 0.15) is 5.82 Å². The van der Waals surface area contributed by atoms with Crippen molar-refractivity contribution in [3.8, 4) is 0 Å². The lowest BCUT2D eigenvalue weighted by atomic mass is 10.1. The first-order valence-corrected chi connectivity index (χ1v) is 5.69. The molecule has 1 heterocycles. The summed E-state index contributed by atoms with van der Waals surface area (Å²) in [6, 6.07) is 7.17. The molecule has 0 radical (unpaired) electrons. The molecule has 0 bridgehead atoms. The van der Waals surface area contributed by atoms with E-state index < -0.39 is 5.91 Å². The molecular weight excluding hydrogens is 249 g/mol. The minimum absolute atomic E-state index is 0.142. The summed E-state index contributed by atoms with van der Waals surface area (Å²) in [4.78, 5) is 23.4. The second kappa shape index (κ2) is 5.48. The lowest BCUT2D eigenvalue weighted by molar-refractivity contribution is 0.0885. The number of halogens is 1. The van der Waals surface area contributed by atoms with Gasteiger partial charge in [-0.15, -0.1) is 0 Å². The molecule has 1 amide bonds. The van der Waals surface area contributed by atoms with Gasteiger partial charge in [0.15, 0.2) is 11.5 Å². The summed E-state index contributed by atoms with van der Waals surface area (Å²) in [7, 11) is 0. The number of furan rings is 1. The van der Waals surface area contributed by atoms with Crippen LogP contribution in [0.1, 0.15) is 26.5 Å². The second-order valence-corrected chi connectivity index (χ2v) is 4.05. The van der Waals surface area contributed by atoms with Gasteiger partial charge in [-0.05, 0) is 42.8 Å². The van der Waals surface area contributed by atoms with Gasteiger partial charge in [0.25, 0.3) is 5.91 Å². The van der Waals surface area contributed by atoms with Crippen molar-refractivity contribution < 1.29 is 18.4 Å². The van der Waals surface area contributed by atoms with E-state index >= 15 is 0 Å². The number of carbonyl (C=O) groups excluding carboxylic acids is 2. The summed E-state index contributed by atoms with van der Waals surface area (Å²) < 4.78 is 18.0. The molecule has 2 rings (SSSR count). The summed E-state index contributed by atoms with van der Waals surface area (Å²) in [5.41, 5.74) is 0.752. The van der Waals surface area contributed by atoms with E-state index in [4.69, 9.17) is 4.42 Å². The Morgan fingerprint density at radius 2 is 2.11 bits per heavy atom. The fourth-order valence-electron chi connectivity index (χ4n) is 1.58. The molecule has 0 unspecified atom stereocenters. The zero-order chi connectivity index (χ0) is 13.8. The lowest BCUT2D eigenvalue weighted by Gasteiger charge is -2.04. The third kappa shape index (κ3) is 3.07. The Balaban J connectivity index is 1.98. The highest BCUT2D eigenvalue weighted by Gasteiger charge is 2.12. The van der Waals surface area contributed by atoms with Crippen LogP contribution in [0.5, 0.6) is 0 Å². The summed E-state index contributed by atoms with van der Waals surface area (Å²) in [5, 5.41) is 2.44. The number of ketones is 1. The molecule has 0 fully saturated rings. The average molecular weight is 261 g/mol. The van der Waals surface area contributed by atoms with Crippen molar-refractivity contribution in [2.75, 3.05) is 6.54 Å². The van der Waals surface area contributed by atoms with Crippen molar-refractivity contribution in [2.24, 2.45) is 0 Å². The van der Waals surface area contributed by atoms with E-state index in [1.165, 1.54) is 30.5 Å². The molecule has 4 nitrogen and oxygen atoms in total. The number of nitrogens with one attached hydrogen (secondary N) is 1. The maximum Gasteiger partial charge on any atom is 0.287 e. The van der Waals surface area contributed by atoms with E-state index in [1.54, 1.807) is 13.0 Å². The number of carbonyl (C=O) groups is 2. The van der Waals surface area contributed by atoms with E-state index in [9.17, 15) is 14.0 Å². The maximum atomic E-state index is 13.1. The SMILES string of the molecule is Cc1cc(C(=O)CNC(=O)c2ccco2)ccc1F. The van der Waals surface area contributed by atoms with Crippen LogP contribution in [0.2, 0.25) is 0 Å². The fourth-order valence-corrected chi connectivity index (χ4v) is 1.58. The quantitative estimate of drug-likeness (QED) is 0.859. The van der Waals surface area contributed by atoms with Gasteiger partial charge in [0.2, 0.25) is 0 Å². The molecule has 2 aromatic rings. The Kier molecular flexibility index (Phi) is 3.75. The molecule has 0 aliphatic heterocycles. The largest absolute Gasteiger partial charge is 0.459 e. The van der Waals surface area contributed by atoms with Crippen LogP contribution in [-0.2, 0) is 0 Å². The summed E-state index contributed by atoms with van der Waals surface area (Å²) >= 11 is 0. The Morgan fingerprint density at radius 3 is 2.74 bits per heavy atom. The van der Waals surface area contributed by atoms with Crippen LogP contribution in [0.3, 0.4) is 0 Å². The molecular formula is C14H12FNO3. The topological polar surface area (TPSA) is 59.3 Å². The first-order chi connectivity index (χ1) is 9.08.